The highest BCUT2D eigenvalue weighted by molar-refractivity contribution is 5.84. The van der Waals surface area contributed by atoms with Gasteiger partial charge >= 0.3 is 5.97 Å². The van der Waals surface area contributed by atoms with Gasteiger partial charge in [0, 0.05) is 0 Å². The second-order valence-corrected chi connectivity index (χ2v) is 4.09. The summed E-state index contributed by atoms with van der Waals surface area (Å²) < 4.78 is 0. The van der Waals surface area contributed by atoms with Crippen LogP contribution in [0.5, 0.6) is 0 Å². The van der Waals surface area contributed by atoms with Crippen LogP contribution in [0, 0.1) is 5.92 Å². The van der Waals surface area contributed by atoms with Crippen molar-refractivity contribution in [3.63, 3.8) is 0 Å². The van der Waals surface area contributed by atoms with Gasteiger partial charge in [-0.2, -0.15) is 9.90 Å². The Kier molecular flexibility index (Phi) is 2.99. The van der Waals surface area contributed by atoms with Crippen LogP contribution in [-0.4, -0.2) is 26.1 Å². The zero-order chi connectivity index (χ0) is 10.7. The first-order chi connectivity index (χ1) is 7.25. The molecule has 0 amide bonds. The molecule has 1 N–H and O–H groups in total. The van der Waals surface area contributed by atoms with Crippen molar-refractivity contribution in [1.82, 2.24) is 15.0 Å². The normalized spacial score (nSPS) is 17.9. The molecule has 5 heteroatoms. The van der Waals surface area contributed by atoms with Crippen molar-refractivity contribution in [1.29, 1.82) is 0 Å². The first-order valence-corrected chi connectivity index (χ1v) is 5.39. The van der Waals surface area contributed by atoms with E-state index in [1.807, 2.05) is 0 Å². The molecule has 15 heavy (non-hydrogen) atoms. The van der Waals surface area contributed by atoms with Crippen LogP contribution < -0.4 is 0 Å². The van der Waals surface area contributed by atoms with Gasteiger partial charge in [0.05, 0.1) is 12.7 Å². The summed E-state index contributed by atoms with van der Waals surface area (Å²) in [5.41, 5.74) is 0.0332. The maximum Gasteiger partial charge on any atom is 0.358 e. The molecule has 1 fully saturated rings. The van der Waals surface area contributed by atoms with Crippen LogP contribution >= 0.6 is 0 Å². The van der Waals surface area contributed by atoms with E-state index in [1.54, 1.807) is 0 Å². The molecule has 0 aliphatic heterocycles. The lowest BCUT2D eigenvalue weighted by molar-refractivity contribution is 0.0689. The minimum atomic E-state index is -1.01. The summed E-state index contributed by atoms with van der Waals surface area (Å²) in [6, 6.07) is 0. The summed E-state index contributed by atoms with van der Waals surface area (Å²) >= 11 is 0. The smallest absolute Gasteiger partial charge is 0.358 e. The Morgan fingerprint density at radius 1 is 1.47 bits per heavy atom. The van der Waals surface area contributed by atoms with Crippen LogP contribution in [0.1, 0.15) is 42.6 Å². The Bertz CT molecular complexity index is 342. The number of carbonyl (C=O) groups is 1. The highest BCUT2D eigenvalue weighted by atomic mass is 16.4. The molecule has 0 unspecified atom stereocenters. The molecule has 0 saturated heterocycles. The molecule has 0 radical (unpaired) electrons. The average Bonchev–Trinajstić information content (AvgIpc) is 2.68. The molecular weight excluding hydrogens is 194 g/mol. The zero-order valence-corrected chi connectivity index (χ0v) is 8.59. The van der Waals surface area contributed by atoms with Gasteiger partial charge in [-0.15, -0.1) is 5.10 Å². The van der Waals surface area contributed by atoms with Gasteiger partial charge in [-0.3, -0.25) is 0 Å². The molecule has 1 heterocycles. The first kappa shape index (κ1) is 10.1. The van der Waals surface area contributed by atoms with E-state index in [0.29, 0.717) is 5.92 Å². The van der Waals surface area contributed by atoms with Gasteiger partial charge < -0.3 is 5.11 Å². The van der Waals surface area contributed by atoms with Gasteiger partial charge in [0.25, 0.3) is 0 Å². The summed E-state index contributed by atoms with van der Waals surface area (Å²) in [7, 11) is 0. The maximum absolute atomic E-state index is 10.6. The van der Waals surface area contributed by atoms with E-state index >= 15 is 0 Å². The summed E-state index contributed by atoms with van der Waals surface area (Å²) in [6.07, 6.45) is 7.61. The molecule has 1 aliphatic carbocycles. The van der Waals surface area contributed by atoms with Gasteiger partial charge in [-0.25, -0.2) is 4.79 Å². The maximum atomic E-state index is 10.6. The number of hydrogen-bond donors (Lipinski definition) is 1. The van der Waals surface area contributed by atoms with Crippen LogP contribution in [0.15, 0.2) is 6.20 Å². The molecule has 0 atom stereocenters. The number of nitrogens with zero attached hydrogens (tertiary/aromatic N) is 3. The fourth-order valence-electron chi connectivity index (χ4n) is 2.08. The number of aromatic carboxylic acids is 1. The highest BCUT2D eigenvalue weighted by Crippen LogP contribution is 2.24. The first-order valence-electron chi connectivity index (χ1n) is 5.39. The van der Waals surface area contributed by atoms with E-state index in [1.165, 1.54) is 43.1 Å². The second kappa shape index (κ2) is 4.42. The third-order valence-electron chi connectivity index (χ3n) is 2.90. The molecule has 0 aromatic carbocycles. The molecule has 5 nitrogen and oxygen atoms in total. The van der Waals surface area contributed by atoms with E-state index < -0.39 is 5.97 Å². The lowest BCUT2D eigenvalue weighted by Crippen LogP contribution is -2.16. The predicted octanol–water partition coefficient (Wildman–Crippen LogP) is 1.56. The molecule has 2 rings (SSSR count). The number of carboxylic acids is 1. The SMILES string of the molecule is O=C(O)c1cnn(CC2CCCCC2)n1. The van der Waals surface area contributed by atoms with Crippen molar-refractivity contribution in [2.24, 2.45) is 5.92 Å². The zero-order valence-electron chi connectivity index (χ0n) is 8.59. The fraction of sp³-hybridized carbons (Fsp3) is 0.700. The van der Waals surface area contributed by atoms with Crippen molar-refractivity contribution < 1.29 is 9.90 Å². The third-order valence-corrected chi connectivity index (χ3v) is 2.90. The molecule has 0 bridgehead atoms. The Balaban J connectivity index is 1.94. The molecule has 1 saturated carbocycles. The van der Waals surface area contributed by atoms with Crippen molar-refractivity contribution in [2.45, 2.75) is 38.6 Å². The Hall–Kier alpha value is -1.39. The standard InChI is InChI=1S/C10H15N3O2/c14-10(15)9-6-11-13(12-9)7-8-4-2-1-3-5-8/h6,8H,1-5,7H2,(H,14,15). The second-order valence-electron chi connectivity index (χ2n) is 4.09. The van der Waals surface area contributed by atoms with Crippen LogP contribution in [0.3, 0.4) is 0 Å². The van der Waals surface area contributed by atoms with E-state index in [9.17, 15) is 4.79 Å². The van der Waals surface area contributed by atoms with Crippen molar-refractivity contribution in [3.05, 3.63) is 11.9 Å². The number of rotatable bonds is 3. The van der Waals surface area contributed by atoms with Crippen molar-refractivity contribution in [3.8, 4) is 0 Å². The quantitative estimate of drug-likeness (QED) is 0.820. The monoisotopic (exact) mass is 209 g/mol. The summed E-state index contributed by atoms with van der Waals surface area (Å²) in [5, 5.41) is 16.6. The Morgan fingerprint density at radius 3 is 2.80 bits per heavy atom. The van der Waals surface area contributed by atoms with Gasteiger partial charge in [0.2, 0.25) is 0 Å². The third kappa shape index (κ3) is 2.55. The van der Waals surface area contributed by atoms with E-state index in [4.69, 9.17) is 5.11 Å². The Labute approximate surface area is 88.1 Å². The van der Waals surface area contributed by atoms with Crippen molar-refractivity contribution >= 4 is 5.97 Å². The van der Waals surface area contributed by atoms with Gasteiger partial charge in [0.15, 0.2) is 5.69 Å². The van der Waals surface area contributed by atoms with E-state index in [0.717, 1.165) is 6.54 Å². The predicted molar refractivity (Wildman–Crippen MR) is 53.6 cm³/mol. The highest BCUT2D eigenvalue weighted by Gasteiger charge is 2.16. The lowest BCUT2D eigenvalue weighted by atomic mass is 9.89. The minimum absolute atomic E-state index is 0.0332. The van der Waals surface area contributed by atoms with Crippen LogP contribution in [0.4, 0.5) is 0 Å². The fourth-order valence-corrected chi connectivity index (χ4v) is 2.08. The topological polar surface area (TPSA) is 68.0 Å². The van der Waals surface area contributed by atoms with E-state index in [2.05, 4.69) is 10.2 Å². The summed E-state index contributed by atoms with van der Waals surface area (Å²) in [6.45, 7) is 0.757. The molecule has 0 spiro atoms. The number of hydrogen-bond acceptors (Lipinski definition) is 3. The summed E-state index contributed by atoms with van der Waals surface area (Å²) in [5.74, 6) is -0.391. The minimum Gasteiger partial charge on any atom is -0.476 e. The van der Waals surface area contributed by atoms with Crippen LogP contribution in [-0.2, 0) is 6.54 Å². The summed E-state index contributed by atoms with van der Waals surface area (Å²) in [4.78, 5) is 12.1. The Morgan fingerprint density at radius 2 is 2.20 bits per heavy atom. The molecular formula is C10H15N3O2. The largest absolute Gasteiger partial charge is 0.476 e. The molecule has 1 aromatic rings. The van der Waals surface area contributed by atoms with Crippen LogP contribution in [0.25, 0.3) is 0 Å². The van der Waals surface area contributed by atoms with Gasteiger partial charge in [-0.1, -0.05) is 19.3 Å². The number of carboxylic acid groups (broad SMARTS) is 1. The van der Waals surface area contributed by atoms with Gasteiger partial charge in [0.1, 0.15) is 0 Å². The average molecular weight is 209 g/mol. The molecule has 1 aromatic heterocycles. The molecule has 82 valence electrons. The van der Waals surface area contributed by atoms with Gasteiger partial charge in [-0.05, 0) is 18.8 Å². The molecule has 1 aliphatic rings. The van der Waals surface area contributed by atoms with Crippen LogP contribution in [0.2, 0.25) is 0 Å². The van der Waals surface area contributed by atoms with E-state index in [-0.39, 0.29) is 5.69 Å². The number of aromatic nitrogens is 3. The van der Waals surface area contributed by atoms with Crippen molar-refractivity contribution in [2.75, 3.05) is 0 Å². The lowest BCUT2D eigenvalue weighted by Gasteiger charge is -2.20.